The number of nitrogens with one attached hydrogen (secondary N) is 1. The zero-order valence-electron chi connectivity index (χ0n) is 21.1. The van der Waals surface area contributed by atoms with Crippen LogP contribution in [0.2, 0.25) is 0 Å². The fraction of sp³-hybridized carbons (Fsp3) is 0.200. The number of phenolic OH excluding ortho intramolecular Hbond substituents is 1. The van der Waals surface area contributed by atoms with Gasteiger partial charge in [-0.15, -0.1) is 0 Å². The van der Waals surface area contributed by atoms with Crippen molar-refractivity contribution in [1.82, 2.24) is 14.3 Å². The first-order valence-corrected chi connectivity index (χ1v) is 12.6. The molecule has 0 unspecified atom stereocenters. The minimum absolute atomic E-state index is 0.0773. The predicted molar refractivity (Wildman–Crippen MR) is 142 cm³/mol. The number of rotatable bonds is 4. The third-order valence-electron chi connectivity index (χ3n) is 7.73. The summed E-state index contributed by atoms with van der Waals surface area (Å²) in [6.45, 7) is 4.63. The van der Waals surface area contributed by atoms with Crippen LogP contribution >= 0.6 is 0 Å². The highest BCUT2D eigenvalue weighted by Gasteiger charge is 2.49. The second kappa shape index (κ2) is 8.69. The van der Waals surface area contributed by atoms with E-state index >= 15 is 0 Å². The van der Waals surface area contributed by atoms with Gasteiger partial charge in [0.1, 0.15) is 17.1 Å². The van der Waals surface area contributed by atoms with Gasteiger partial charge in [0.05, 0.1) is 5.69 Å². The normalized spacial score (nSPS) is 18.2. The number of hydrogen-bond acceptors (Lipinski definition) is 5. The molecule has 1 aliphatic heterocycles. The number of carbonyl (C=O) groups is 3. The summed E-state index contributed by atoms with van der Waals surface area (Å²) in [5.41, 5.74) is 4.95. The zero-order chi connectivity index (χ0) is 26.6. The van der Waals surface area contributed by atoms with E-state index in [0.29, 0.717) is 23.4 Å². The Hall–Kier alpha value is -4.72. The minimum atomic E-state index is -0.380. The van der Waals surface area contributed by atoms with Crippen molar-refractivity contribution in [2.24, 2.45) is 0 Å². The Morgan fingerprint density at radius 1 is 1.08 bits per heavy atom. The second-order valence-corrected chi connectivity index (χ2v) is 9.84. The van der Waals surface area contributed by atoms with Crippen molar-refractivity contribution in [1.29, 1.82) is 0 Å². The van der Waals surface area contributed by atoms with Crippen molar-refractivity contribution >= 4 is 28.9 Å². The number of likely N-dealkylation sites (tertiary alicyclic amines) is 1. The van der Waals surface area contributed by atoms with Crippen molar-refractivity contribution in [2.75, 3.05) is 11.9 Å². The summed E-state index contributed by atoms with van der Waals surface area (Å²) in [6.07, 6.45) is 6.49. The number of aromatic nitrogens is 2. The van der Waals surface area contributed by atoms with Crippen LogP contribution in [0.3, 0.4) is 0 Å². The first kappa shape index (κ1) is 23.7. The number of nitrogens with zero attached hydrogens (tertiary/aromatic N) is 3. The lowest BCUT2D eigenvalue weighted by atomic mass is 9.68. The van der Waals surface area contributed by atoms with Gasteiger partial charge in [0, 0.05) is 47.3 Å². The molecule has 190 valence electrons. The van der Waals surface area contributed by atoms with Crippen LogP contribution in [0.5, 0.6) is 5.75 Å². The number of ketones is 1. The number of allylic oxidation sites excluding steroid dienone is 2. The average molecular weight is 507 g/mol. The molecule has 2 aromatic carbocycles. The molecule has 38 heavy (non-hydrogen) atoms. The number of aromatic hydroxyl groups is 1. The molecule has 1 atom stereocenters. The number of imidazole rings is 1. The lowest BCUT2D eigenvalue weighted by Crippen LogP contribution is -2.37. The molecular formula is C30H26N4O4. The molecule has 0 radical (unpaired) electrons. The van der Waals surface area contributed by atoms with E-state index in [2.05, 4.69) is 17.2 Å². The van der Waals surface area contributed by atoms with E-state index in [9.17, 15) is 19.5 Å². The Kier molecular flexibility index (Phi) is 5.41. The van der Waals surface area contributed by atoms with Gasteiger partial charge in [-0.3, -0.25) is 14.4 Å². The molecule has 8 heteroatoms. The number of benzene rings is 2. The van der Waals surface area contributed by atoms with Crippen LogP contribution in [0.15, 0.2) is 78.8 Å². The van der Waals surface area contributed by atoms with Crippen molar-refractivity contribution in [2.45, 2.75) is 32.1 Å². The molecule has 2 N–H and O–H groups in total. The Balaban J connectivity index is 1.29. The van der Waals surface area contributed by atoms with Gasteiger partial charge in [0.25, 0.3) is 11.8 Å². The molecular weight excluding hydrogens is 480 g/mol. The summed E-state index contributed by atoms with van der Waals surface area (Å²) in [5.74, 6) is -0.569. The highest BCUT2D eigenvalue weighted by Crippen LogP contribution is 2.50. The second-order valence-electron chi connectivity index (χ2n) is 9.84. The average Bonchev–Trinajstić information content (AvgIpc) is 3.51. The summed E-state index contributed by atoms with van der Waals surface area (Å²) >= 11 is 0. The van der Waals surface area contributed by atoms with E-state index in [1.165, 1.54) is 24.3 Å². The third-order valence-corrected chi connectivity index (χ3v) is 7.73. The lowest BCUT2D eigenvalue weighted by molar-refractivity contribution is 0.0815. The van der Waals surface area contributed by atoms with Crippen molar-refractivity contribution in [3.63, 3.8) is 0 Å². The maximum atomic E-state index is 13.7. The molecule has 1 aliphatic carbocycles. The molecule has 6 rings (SSSR count). The number of pyridine rings is 1. The molecule has 0 saturated carbocycles. The Labute approximate surface area is 219 Å². The first-order valence-electron chi connectivity index (χ1n) is 12.6. The van der Waals surface area contributed by atoms with Crippen LogP contribution in [0.25, 0.3) is 5.65 Å². The van der Waals surface area contributed by atoms with Gasteiger partial charge in [-0.05, 0) is 67.3 Å². The molecule has 1 saturated heterocycles. The quantitative estimate of drug-likeness (QED) is 0.411. The maximum absolute atomic E-state index is 13.7. The summed E-state index contributed by atoms with van der Waals surface area (Å²) in [7, 11) is 0. The molecule has 8 nitrogen and oxygen atoms in total. The molecule has 2 aliphatic rings. The van der Waals surface area contributed by atoms with E-state index in [4.69, 9.17) is 0 Å². The Morgan fingerprint density at radius 3 is 2.63 bits per heavy atom. The molecule has 4 aromatic rings. The number of phenols is 1. The molecule has 2 aromatic heterocycles. The zero-order valence-corrected chi connectivity index (χ0v) is 21.1. The van der Waals surface area contributed by atoms with Crippen molar-refractivity contribution < 1.29 is 19.5 Å². The fourth-order valence-electron chi connectivity index (χ4n) is 5.86. The molecule has 0 bridgehead atoms. The molecule has 3 heterocycles. The summed E-state index contributed by atoms with van der Waals surface area (Å²) in [5, 5.41) is 12.3. The van der Waals surface area contributed by atoms with Gasteiger partial charge >= 0.3 is 0 Å². The number of anilines is 1. The van der Waals surface area contributed by atoms with Crippen LogP contribution in [-0.4, -0.2) is 43.5 Å². The van der Waals surface area contributed by atoms with Gasteiger partial charge in [0.15, 0.2) is 5.78 Å². The van der Waals surface area contributed by atoms with Crippen molar-refractivity contribution in [3.05, 3.63) is 107 Å². The van der Waals surface area contributed by atoms with Gasteiger partial charge in [-0.2, -0.15) is 0 Å². The predicted octanol–water partition coefficient (Wildman–Crippen LogP) is 4.87. The fourth-order valence-corrected chi connectivity index (χ4v) is 5.86. The maximum Gasteiger partial charge on any atom is 0.278 e. The highest BCUT2D eigenvalue weighted by molar-refractivity contribution is 6.09. The largest absolute Gasteiger partial charge is 0.508 e. The Morgan fingerprint density at radius 2 is 1.87 bits per heavy atom. The van der Waals surface area contributed by atoms with Gasteiger partial charge < -0.3 is 19.7 Å². The number of carbonyl (C=O) groups excluding carboxylic acids is 3. The minimum Gasteiger partial charge on any atom is -0.508 e. The van der Waals surface area contributed by atoms with Crippen LogP contribution in [-0.2, 0) is 5.41 Å². The van der Waals surface area contributed by atoms with Crippen LogP contribution in [0, 0.1) is 6.92 Å². The van der Waals surface area contributed by atoms with E-state index in [1.54, 1.807) is 39.9 Å². The number of aryl methyl sites for hydroxylation is 1. The number of hydrogen-bond donors (Lipinski definition) is 2. The van der Waals surface area contributed by atoms with E-state index in [0.717, 1.165) is 35.2 Å². The summed E-state index contributed by atoms with van der Waals surface area (Å²) in [6, 6.07) is 15.2. The highest BCUT2D eigenvalue weighted by atomic mass is 16.3. The topological polar surface area (TPSA) is 104 Å². The number of fused-ring (bicyclic) bond motifs is 4. The number of amides is 2. The first-order chi connectivity index (χ1) is 18.3. The standard InChI is InChI=1S/C30H26N4O4/c1-3-30-13-14-34(25(30)15-24(36)22-6-4-5-18(2)27(22)30)29(38)23-17-33-16-20(9-12-26(33)32-23)31-28(37)19-7-10-21(35)11-8-19/h4-12,15-17,35H,3,13-14H2,1-2H3,(H,31,37)/t30-/m0/s1. The van der Waals surface area contributed by atoms with Crippen molar-refractivity contribution in [3.8, 4) is 5.75 Å². The smallest absolute Gasteiger partial charge is 0.278 e. The van der Waals surface area contributed by atoms with Gasteiger partial charge in [-0.1, -0.05) is 25.1 Å². The molecule has 2 amide bonds. The molecule has 1 fully saturated rings. The van der Waals surface area contributed by atoms with E-state index in [-0.39, 0.29) is 34.5 Å². The Bertz CT molecular complexity index is 1670. The SMILES string of the molecule is CC[C@]12CCN(C(=O)c3cn4cc(NC(=O)c5ccc(O)cc5)ccc4n3)C1=CC(=O)c1cccc(C)c12. The summed E-state index contributed by atoms with van der Waals surface area (Å²) in [4.78, 5) is 45.6. The monoisotopic (exact) mass is 506 g/mol. The van der Waals surface area contributed by atoms with E-state index in [1.807, 2.05) is 25.1 Å². The van der Waals surface area contributed by atoms with Gasteiger partial charge in [0.2, 0.25) is 0 Å². The van der Waals surface area contributed by atoms with Gasteiger partial charge in [-0.25, -0.2) is 4.98 Å². The van der Waals surface area contributed by atoms with Crippen LogP contribution in [0.4, 0.5) is 5.69 Å². The third kappa shape index (κ3) is 3.60. The lowest BCUT2D eigenvalue weighted by Gasteiger charge is -2.37. The summed E-state index contributed by atoms with van der Waals surface area (Å²) < 4.78 is 1.70. The molecule has 0 spiro atoms. The van der Waals surface area contributed by atoms with Crippen LogP contribution in [0.1, 0.15) is 62.1 Å². The van der Waals surface area contributed by atoms with Crippen LogP contribution < -0.4 is 5.32 Å². The van der Waals surface area contributed by atoms with E-state index < -0.39 is 0 Å².